The van der Waals surface area contributed by atoms with Crippen LogP contribution in [0.1, 0.15) is 11.3 Å². The summed E-state index contributed by atoms with van der Waals surface area (Å²) in [6.07, 6.45) is 0. The highest BCUT2D eigenvalue weighted by atomic mass is 35.5. The van der Waals surface area contributed by atoms with Crippen molar-refractivity contribution in [2.24, 2.45) is 0 Å². The second kappa shape index (κ2) is 7.40. The molecule has 128 valence electrons. The molecule has 0 saturated carbocycles. The van der Waals surface area contributed by atoms with E-state index in [1.54, 1.807) is 7.11 Å². The van der Waals surface area contributed by atoms with Crippen molar-refractivity contribution in [3.05, 3.63) is 64.8 Å². The zero-order valence-corrected chi connectivity index (χ0v) is 15.1. The molecule has 0 spiro atoms. The minimum Gasteiger partial charge on any atom is -0.495 e. The van der Waals surface area contributed by atoms with Gasteiger partial charge in [-0.2, -0.15) is 4.98 Å². The van der Waals surface area contributed by atoms with Crippen molar-refractivity contribution in [3.8, 4) is 5.75 Å². The Hall–Kier alpha value is -2.79. The molecule has 1 heterocycles. The van der Waals surface area contributed by atoms with Gasteiger partial charge in [0.05, 0.1) is 12.8 Å². The molecule has 3 aromatic rings. The molecular weight excluding hydrogens is 336 g/mol. The van der Waals surface area contributed by atoms with Crippen LogP contribution < -0.4 is 15.4 Å². The van der Waals surface area contributed by atoms with Gasteiger partial charge in [-0.05, 0) is 43.7 Å². The van der Waals surface area contributed by atoms with E-state index in [0.29, 0.717) is 16.8 Å². The minimum atomic E-state index is 0.503. The van der Waals surface area contributed by atoms with Crippen LogP contribution >= 0.6 is 11.6 Å². The second-order valence-corrected chi connectivity index (χ2v) is 5.99. The number of aromatic nitrogens is 2. The molecule has 6 heteroatoms. The molecule has 0 aliphatic rings. The van der Waals surface area contributed by atoms with E-state index < -0.39 is 0 Å². The van der Waals surface area contributed by atoms with Crippen molar-refractivity contribution >= 4 is 34.7 Å². The number of nitrogens with zero attached hydrogens (tertiary/aromatic N) is 2. The summed E-state index contributed by atoms with van der Waals surface area (Å²) in [5.41, 5.74) is 3.51. The molecule has 3 rings (SSSR count). The lowest BCUT2D eigenvalue weighted by Crippen LogP contribution is -2.04. The van der Waals surface area contributed by atoms with E-state index >= 15 is 0 Å². The van der Waals surface area contributed by atoms with Crippen molar-refractivity contribution in [1.82, 2.24) is 9.97 Å². The number of hydrogen-bond donors (Lipinski definition) is 2. The Labute approximate surface area is 152 Å². The van der Waals surface area contributed by atoms with E-state index in [-0.39, 0.29) is 0 Å². The molecule has 1 aromatic heterocycles. The third kappa shape index (κ3) is 4.00. The van der Waals surface area contributed by atoms with Crippen LogP contribution in [0.2, 0.25) is 5.02 Å². The summed E-state index contributed by atoms with van der Waals surface area (Å²) in [6.45, 7) is 3.87. The van der Waals surface area contributed by atoms with E-state index in [9.17, 15) is 0 Å². The van der Waals surface area contributed by atoms with Gasteiger partial charge >= 0.3 is 0 Å². The second-order valence-electron chi connectivity index (χ2n) is 5.58. The third-order valence-electron chi connectivity index (χ3n) is 3.74. The van der Waals surface area contributed by atoms with Crippen LogP contribution in [0, 0.1) is 13.8 Å². The summed E-state index contributed by atoms with van der Waals surface area (Å²) in [4.78, 5) is 8.99. The van der Waals surface area contributed by atoms with Crippen LogP contribution in [-0.2, 0) is 0 Å². The molecule has 0 radical (unpaired) electrons. The van der Waals surface area contributed by atoms with Gasteiger partial charge < -0.3 is 15.4 Å². The first-order valence-corrected chi connectivity index (χ1v) is 8.22. The number of anilines is 4. The number of para-hydroxylation sites is 2. The number of aryl methyl sites for hydroxylation is 1. The summed E-state index contributed by atoms with van der Waals surface area (Å²) >= 11 is 6.18. The van der Waals surface area contributed by atoms with Gasteiger partial charge in [0.25, 0.3) is 0 Å². The summed E-state index contributed by atoms with van der Waals surface area (Å²) in [6, 6.07) is 15.3. The molecule has 25 heavy (non-hydrogen) atoms. The zero-order chi connectivity index (χ0) is 17.8. The van der Waals surface area contributed by atoms with Crippen molar-refractivity contribution in [1.29, 1.82) is 0 Å². The fourth-order valence-corrected chi connectivity index (χ4v) is 2.61. The topological polar surface area (TPSA) is 59.1 Å². The molecule has 0 aliphatic heterocycles. The van der Waals surface area contributed by atoms with Crippen molar-refractivity contribution in [2.75, 3.05) is 17.7 Å². The maximum Gasteiger partial charge on any atom is 0.229 e. The number of benzene rings is 2. The molecule has 0 saturated heterocycles. The van der Waals surface area contributed by atoms with Crippen LogP contribution in [0.25, 0.3) is 0 Å². The van der Waals surface area contributed by atoms with Crippen LogP contribution in [-0.4, -0.2) is 17.1 Å². The smallest absolute Gasteiger partial charge is 0.229 e. The fourth-order valence-electron chi connectivity index (χ4n) is 2.44. The number of halogens is 1. The number of rotatable bonds is 5. The monoisotopic (exact) mass is 354 g/mol. The van der Waals surface area contributed by atoms with Crippen molar-refractivity contribution in [3.63, 3.8) is 0 Å². The highest BCUT2D eigenvalue weighted by Crippen LogP contribution is 2.28. The molecule has 5 nitrogen and oxygen atoms in total. The van der Waals surface area contributed by atoms with Crippen LogP contribution in [0.5, 0.6) is 5.75 Å². The van der Waals surface area contributed by atoms with Gasteiger partial charge in [-0.1, -0.05) is 29.8 Å². The first-order valence-electron chi connectivity index (χ1n) is 7.84. The minimum absolute atomic E-state index is 0.503. The first-order chi connectivity index (χ1) is 12.1. The van der Waals surface area contributed by atoms with Crippen molar-refractivity contribution in [2.45, 2.75) is 13.8 Å². The number of ether oxygens (including phenoxy) is 1. The zero-order valence-electron chi connectivity index (χ0n) is 14.3. The third-order valence-corrected chi connectivity index (χ3v) is 4.15. The normalized spacial score (nSPS) is 10.4. The Bertz CT molecular complexity index is 898. The molecule has 0 aliphatic carbocycles. The van der Waals surface area contributed by atoms with E-state index in [2.05, 4.69) is 20.6 Å². The fraction of sp³-hybridized carbons (Fsp3) is 0.158. The molecule has 0 amide bonds. The summed E-state index contributed by atoms with van der Waals surface area (Å²) in [5, 5.41) is 7.20. The predicted molar refractivity (Wildman–Crippen MR) is 103 cm³/mol. The van der Waals surface area contributed by atoms with Gasteiger partial charge in [-0.15, -0.1) is 0 Å². The van der Waals surface area contributed by atoms with Crippen molar-refractivity contribution < 1.29 is 4.74 Å². The highest BCUT2D eigenvalue weighted by molar-refractivity contribution is 6.31. The largest absolute Gasteiger partial charge is 0.495 e. The van der Waals surface area contributed by atoms with Gasteiger partial charge in [0.1, 0.15) is 11.6 Å². The SMILES string of the molecule is COc1ccccc1Nc1cc(C)nc(Nc2cccc(Cl)c2C)n1. The van der Waals surface area contributed by atoms with Gasteiger partial charge in [0.2, 0.25) is 5.95 Å². The van der Waals surface area contributed by atoms with Gasteiger partial charge in [0.15, 0.2) is 0 Å². The maximum absolute atomic E-state index is 6.18. The lowest BCUT2D eigenvalue weighted by atomic mass is 10.2. The van der Waals surface area contributed by atoms with Gasteiger partial charge in [-0.3, -0.25) is 0 Å². The summed E-state index contributed by atoms with van der Waals surface area (Å²) < 4.78 is 5.37. The molecule has 0 fully saturated rings. The molecule has 0 unspecified atom stereocenters. The quantitative estimate of drug-likeness (QED) is 0.656. The summed E-state index contributed by atoms with van der Waals surface area (Å²) in [5.74, 6) is 1.93. The van der Waals surface area contributed by atoms with Crippen LogP contribution in [0.4, 0.5) is 23.1 Å². The first kappa shape index (κ1) is 17.0. The van der Waals surface area contributed by atoms with Gasteiger partial charge in [-0.25, -0.2) is 4.98 Å². The average molecular weight is 355 g/mol. The Morgan fingerprint density at radius 3 is 2.48 bits per heavy atom. The maximum atomic E-state index is 6.18. The van der Waals surface area contributed by atoms with Gasteiger partial charge in [0, 0.05) is 22.5 Å². The standard InChI is InChI=1S/C19H19ClN4O/c1-12-11-18(22-16-8-4-5-10-17(16)25-3)24-19(21-12)23-15-9-6-7-14(20)13(15)2/h4-11H,1-3H3,(H2,21,22,23,24). The van der Waals surface area contributed by atoms with E-state index in [1.165, 1.54) is 0 Å². The molecular formula is C19H19ClN4O. The molecule has 2 N–H and O–H groups in total. The number of methoxy groups -OCH3 is 1. The van der Waals surface area contributed by atoms with Crippen LogP contribution in [0.15, 0.2) is 48.5 Å². The van der Waals surface area contributed by atoms with E-state index in [0.717, 1.165) is 28.4 Å². The Morgan fingerprint density at radius 2 is 1.68 bits per heavy atom. The lowest BCUT2D eigenvalue weighted by Gasteiger charge is -2.13. The Balaban J connectivity index is 1.89. The molecule has 0 bridgehead atoms. The number of hydrogen-bond acceptors (Lipinski definition) is 5. The van der Waals surface area contributed by atoms with Crippen LogP contribution in [0.3, 0.4) is 0 Å². The van der Waals surface area contributed by atoms with E-state index in [1.807, 2.05) is 62.4 Å². The lowest BCUT2D eigenvalue weighted by molar-refractivity contribution is 0.417. The Kier molecular flexibility index (Phi) is 5.05. The molecule has 2 aromatic carbocycles. The van der Waals surface area contributed by atoms with E-state index in [4.69, 9.17) is 16.3 Å². The average Bonchev–Trinajstić information content (AvgIpc) is 2.59. The molecule has 0 atom stereocenters. The highest BCUT2D eigenvalue weighted by Gasteiger charge is 2.08. The summed E-state index contributed by atoms with van der Waals surface area (Å²) in [7, 11) is 1.64. The Morgan fingerprint density at radius 1 is 0.920 bits per heavy atom. The number of nitrogens with one attached hydrogen (secondary N) is 2. The predicted octanol–water partition coefficient (Wildman–Crippen LogP) is 5.24.